The SMILES string of the molecule is O=C([O-])CN(CC(=O)[O-])Cc1c([O-])ccc2c1Oc1c(ccc([O-])c1CN(CC(=O)[O-])CC(=O)[O-])C21OC(=O)c2ccccc21.O=C([O-])CN(CC(=O)[O-])Cc1c([O-])ccc2c1Oc1c(ccc([O-])c1CN(CC(=O)[O-])CC(=O)[O-])C21OC(=O)c2ccccc21.[Ca+2].[Ca+2].[Ca+2].[Ca+2].[Ca+2].[K+].[K+]. The van der Waals surface area contributed by atoms with Crippen LogP contribution in [0.3, 0.4) is 0 Å². The summed E-state index contributed by atoms with van der Waals surface area (Å²) in [6.07, 6.45) is 0. The molecule has 0 aliphatic carbocycles. The Bertz CT molecular complexity index is 3550. The molecule has 468 valence electrons. The Kier molecular flexibility index (Phi) is 37.1. The summed E-state index contributed by atoms with van der Waals surface area (Å²) in [4.78, 5) is 121. The Balaban J connectivity index is 0.000000616. The molecule has 0 N–H and O–H groups in total. The van der Waals surface area contributed by atoms with Gasteiger partial charge >= 0.3 is 303 Å². The minimum atomic E-state index is -1.86. The minimum absolute atomic E-state index is 0. The quantitative estimate of drug-likeness (QED) is 0.0401. The summed E-state index contributed by atoms with van der Waals surface area (Å²) in [5.41, 5.74) is -3.69. The molecule has 4 aliphatic heterocycles. The van der Waals surface area contributed by atoms with E-state index in [0.717, 1.165) is 43.9 Å². The monoisotopic (exact) mass is 1510 g/mol. The number of carboxylic acid groups (broad SMARTS) is 8. The molecule has 0 saturated carbocycles. The summed E-state index contributed by atoms with van der Waals surface area (Å²) in [7, 11) is 0. The summed E-state index contributed by atoms with van der Waals surface area (Å²) in [5, 5.41) is 144. The van der Waals surface area contributed by atoms with E-state index in [9.17, 15) is 109 Å². The van der Waals surface area contributed by atoms with Crippen LogP contribution in [0, 0.1) is 0 Å². The number of fused-ring (bicyclic) bond motifs is 12. The number of aliphatic carboxylic acids is 8. The van der Waals surface area contributed by atoms with Gasteiger partial charge in [0.25, 0.3) is 0 Å². The number of benzene rings is 6. The van der Waals surface area contributed by atoms with E-state index in [1.54, 1.807) is 36.4 Å². The van der Waals surface area contributed by atoms with Gasteiger partial charge in [-0.3, -0.25) is 19.6 Å². The van der Waals surface area contributed by atoms with Crippen LogP contribution < -0.4 is 174 Å². The second-order valence-corrected chi connectivity index (χ2v) is 20.7. The van der Waals surface area contributed by atoms with E-state index in [1.807, 2.05) is 0 Å². The Hall–Kier alpha value is -1.77. The summed E-state index contributed by atoms with van der Waals surface area (Å²) >= 11 is 0. The Morgan fingerprint density at radius 3 is 0.701 bits per heavy atom. The van der Waals surface area contributed by atoms with Crippen molar-refractivity contribution in [1.82, 2.24) is 19.6 Å². The van der Waals surface area contributed by atoms with Crippen LogP contribution in [0.4, 0.5) is 0 Å². The average molecular weight is 1510 g/mol. The van der Waals surface area contributed by atoms with Crippen molar-refractivity contribution in [3.63, 3.8) is 0 Å². The van der Waals surface area contributed by atoms with Crippen LogP contribution in [0.25, 0.3) is 0 Å². The first-order valence-electron chi connectivity index (χ1n) is 26.5. The van der Waals surface area contributed by atoms with Gasteiger partial charge in [0, 0.05) is 134 Å². The van der Waals surface area contributed by atoms with Crippen LogP contribution in [0.2, 0.25) is 0 Å². The van der Waals surface area contributed by atoms with Crippen molar-refractivity contribution < 1.29 is 231 Å². The van der Waals surface area contributed by atoms with Crippen molar-refractivity contribution in [2.45, 2.75) is 37.4 Å². The number of hydrogen-bond acceptors (Lipinski definition) is 30. The summed E-state index contributed by atoms with van der Waals surface area (Å²) in [5.74, 6) is -18.9. The predicted molar refractivity (Wildman–Crippen MR) is 297 cm³/mol. The van der Waals surface area contributed by atoms with Gasteiger partial charge in [-0.2, -0.15) is 0 Å². The van der Waals surface area contributed by atoms with E-state index in [4.69, 9.17) is 18.9 Å². The summed E-state index contributed by atoms with van der Waals surface area (Å²) in [6, 6.07) is 22.1. The van der Waals surface area contributed by atoms with Gasteiger partial charge in [-0.15, -0.1) is 23.0 Å². The molecule has 97 heavy (non-hydrogen) atoms. The molecule has 4 heterocycles. The Morgan fingerprint density at radius 1 is 0.309 bits per heavy atom. The van der Waals surface area contributed by atoms with E-state index < -0.39 is 172 Å². The van der Waals surface area contributed by atoms with Crippen LogP contribution in [-0.2, 0) is 85.2 Å². The molecule has 6 aromatic carbocycles. The molecule has 10 rings (SSSR count). The van der Waals surface area contributed by atoms with Gasteiger partial charge in [0.15, 0.2) is 11.2 Å². The first kappa shape index (κ1) is 91.3. The molecular formula is C60H40Ca5K2N4O26. The number of rotatable bonds is 24. The smallest absolute Gasteiger partial charge is 0.872 e. The third-order valence-corrected chi connectivity index (χ3v) is 14.7. The number of carbonyl (C=O) groups is 10. The van der Waals surface area contributed by atoms with Gasteiger partial charge in [-0.25, -0.2) is 9.59 Å². The van der Waals surface area contributed by atoms with Gasteiger partial charge < -0.3 is 119 Å². The van der Waals surface area contributed by atoms with Crippen LogP contribution >= 0.6 is 0 Å². The van der Waals surface area contributed by atoms with Crippen LogP contribution in [0.15, 0.2) is 97.1 Å². The minimum Gasteiger partial charge on any atom is -0.872 e. The second-order valence-electron chi connectivity index (χ2n) is 20.7. The fraction of sp³-hybridized carbons (Fsp3) is 0.233. The average Bonchev–Trinajstić information content (AvgIpc) is 1.66. The maximum Gasteiger partial charge on any atom is 2.00 e. The van der Waals surface area contributed by atoms with E-state index in [1.165, 1.54) is 36.4 Å². The molecule has 6 aromatic rings. The first-order valence-corrected chi connectivity index (χ1v) is 26.5. The molecule has 37 heteroatoms. The number of nitrogens with zero attached hydrogens (tertiary/aromatic N) is 4. The third-order valence-electron chi connectivity index (χ3n) is 14.7. The molecule has 0 amide bonds. The molecule has 0 fully saturated rings. The zero-order valence-corrected chi connectivity index (χ0v) is 68.9. The van der Waals surface area contributed by atoms with Crippen molar-refractivity contribution >= 4 is 248 Å². The molecular weight excluding hydrogens is 1470 g/mol. The zero-order chi connectivity index (χ0) is 65.3. The van der Waals surface area contributed by atoms with Gasteiger partial charge in [0.2, 0.25) is 0 Å². The van der Waals surface area contributed by atoms with E-state index in [2.05, 4.69) is 0 Å². The topological polar surface area (TPSA) is 497 Å². The van der Waals surface area contributed by atoms with Crippen molar-refractivity contribution in [2.75, 3.05) is 52.4 Å². The van der Waals surface area contributed by atoms with Gasteiger partial charge in [0.1, 0.15) is 23.0 Å². The van der Waals surface area contributed by atoms with Crippen LogP contribution in [0.5, 0.6) is 46.0 Å². The van der Waals surface area contributed by atoms with Gasteiger partial charge in [-0.1, -0.05) is 84.9 Å². The number of hydrogen-bond donors (Lipinski definition) is 0. The first-order chi connectivity index (χ1) is 42.6. The van der Waals surface area contributed by atoms with Crippen LogP contribution in [0.1, 0.15) is 76.4 Å². The largest absolute Gasteiger partial charge is 2.00 e. The molecule has 30 nitrogen and oxygen atoms in total. The van der Waals surface area contributed by atoms with Crippen molar-refractivity contribution in [3.8, 4) is 46.0 Å². The van der Waals surface area contributed by atoms with Crippen molar-refractivity contribution in [2.24, 2.45) is 0 Å². The standard InChI is InChI=1S/2C30H26N2O13.5Ca.2K/c2*33-21-7-5-19-27(16(21)9-31(11-23(35)36)12-24(37)38)44-28-17(10-32(13-25(39)40)14-26(41)42)22(34)8-6-20(28)30(19)18-4-2-1-3-15(18)29(43)45-30;;;;;;;/h2*1-8,33-34H,9-14H2,(H,35,36)(H,37,38)(H,39,40)(H,41,42);;;;;;;/q;;5*+2;2*+1/p-12. The fourth-order valence-corrected chi connectivity index (χ4v) is 11.4. The predicted octanol–water partition coefficient (Wildman–Crippen LogP) is -17.9. The Morgan fingerprint density at radius 2 is 0.505 bits per heavy atom. The zero-order valence-electron chi connectivity index (χ0n) is 51.7. The molecule has 2 spiro atoms. The molecule has 0 aromatic heterocycles. The number of esters is 2. The molecule has 4 aliphatic rings. The third kappa shape index (κ3) is 20.4. The van der Waals surface area contributed by atoms with Crippen molar-refractivity contribution in [1.29, 1.82) is 0 Å². The molecule has 0 bridgehead atoms. The maximum absolute atomic E-state index is 13.2. The fourth-order valence-electron chi connectivity index (χ4n) is 11.4. The summed E-state index contributed by atoms with van der Waals surface area (Å²) in [6.45, 7) is -9.89. The molecule has 0 atom stereocenters. The normalized spacial score (nSPS) is 12.9. The summed E-state index contributed by atoms with van der Waals surface area (Å²) < 4.78 is 24.3. The second kappa shape index (κ2) is 39.4. The molecule has 0 saturated heterocycles. The molecule has 0 unspecified atom stereocenters. The van der Waals surface area contributed by atoms with E-state index in [0.29, 0.717) is 0 Å². The maximum atomic E-state index is 13.2. The number of ether oxygens (including phenoxy) is 4. The van der Waals surface area contributed by atoms with Crippen molar-refractivity contribution in [3.05, 3.63) is 164 Å². The molecule has 0 radical (unpaired) electrons. The van der Waals surface area contributed by atoms with Gasteiger partial charge in [0.05, 0.1) is 58.9 Å². The Labute approximate surface area is 784 Å². The van der Waals surface area contributed by atoms with Crippen LogP contribution in [-0.4, -0.2) is 320 Å². The van der Waals surface area contributed by atoms with E-state index in [-0.39, 0.29) is 381 Å². The van der Waals surface area contributed by atoms with Gasteiger partial charge in [-0.05, 0) is 12.1 Å². The number of carboxylic acids is 8. The van der Waals surface area contributed by atoms with E-state index >= 15 is 0 Å². The number of carbonyl (C=O) groups excluding carboxylic acids is 10.